The third-order valence-electron chi connectivity index (χ3n) is 16.1. The Morgan fingerprint density at radius 3 is 1.42 bits per heavy atom. The third kappa shape index (κ3) is 9.48. The summed E-state index contributed by atoms with van der Waals surface area (Å²) in [5, 5.41) is 8.13. The summed E-state index contributed by atoms with van der Waals surface area (Å²) in [6.45, 7) is 13.6. The molecule has 0 aliphatic heterocycles. The molecule has 11 aromatic carbocycles. The summed E-state index contributed by atoms with van der Waals surface area (Å²) in [4.78, 5) is 7.10. The first kappa shape index (κ1) is 51.8. The van der Waals surface area contributed by atoms with Crippen LogP contribution in [0, 0.1) is 0 Å². The Morgan fingerprint density at radius 1 is 0.325 bits per heavy atom. The Bertz CT molecular complexity index is 4740. The van der Waals surface area contributed by atoms with Crippen LogP contribution >= 0.6 is 22.9 Å². The second-order valence-corrected chi connectivity index (χ2v) is 24.8. The molecule has 0 radical (unpaired) electrons. The van der Waals surface area contributed by atoms with Gasteiger partial charge in [-0.05, 0) is 148 Å². The van der Waals surface area contributed by atoms with Crippen LogP contribution in [0.1, 0.15) is 52.7 Å². The van der Waals surface area contributed by atoms with Crippen molar-refractivity contribution >= 4 is 128 Å². The van der Waals surface area contributed by atoms with Crippen LogP contribution < -0.4 is 14.7 Å². The monoisotopic (exact) mass is 1110 g/mol. The van der Waals surface area contributed by atoms with Crippen molar-refractivity contribution < 1.29 is 8.83 Å². The molecule has 0 atom stereocenters. The van der Waals surface area contributed by atoms with E-state index in [0.29, 0.717) is 5.02 Å². The molecule has 3 aromatic heterocycles. The molecular formula is C76H60ClN3O2S. The van der Waals surface area contributed by atoms with Crippen LogP contribution in [-0.4, -0.2) is 0 Å². The summed E-state index contributed by atoms with van der Waals surface area (Å²) in [6, 6.07) is 89.0. The minimum Gasteiger partial charge on any atom is -0.456 e. The summed E-state index contributed by atoms with van der Waals surface area (Å²) in [6.07, 6.45) is 0. The topological polar surface area (TPSA) is 36.0 Å². The number of furan rings is 2. The number of fused-ring (bicyclic) bond motifs is 7. The van der Waals surface area contributed by atoms with Crippen molar-refractivity contribution in [2.75, 3.05) is 14.7 Å². The lowest BCUT2D eigenvalue weighted by atomic mass is 9.86. The van der Waals surface area contributed by atoms with Crippen molar-refractivity contribution in [1.29, 1.82) is 0 Å². The van der Waals surface area contributed by atoms with Gasteiger partial charge in [-0.1, -0.05) is 193 Å². The zero-order chi connectivity index (χ0) is 56.6. The van der Waals surface area contributed by atoms with Gasteiger partial charge in [0.15, 0.2) is 0 Å². The minimum absolute atomic E-state index is 0.0264. The quantitative estimate of drug-likeness (QED) is 0.129. The summed E-state index contributed by atoms with van der Waals surface area (Å²) >= 11 is 10.2. The van der Waals surface area contributed by atoms with Crippen molar-refractivity contribution in [1.82, 2.24) is 0 Å². The van der Waals surface area contributed by atoms with Gasteiger partial charge in [-0.25, -0.2) is 0 Å². The van der Waals surface area contributed by atoms with Gasteiger partial charge in [0.2, 0.25) is 0 Å². The third-order valence-corrected chi connectivity index (χ3v) is 17.4. The Kier molecular flexibility index (Phi) is 12.8. The Balaban J connectivity index is 1.05. The normalized spacial score (nSPS) is 12.0. The second kappa shape index (κ2) is 20.6. The van der Waals surface area contributed by atoms with E-state index >= 15 is 0 Å². The highest BCUT2D eigenvalue weighted by Crippen LogP contribution is 2.53. The predicted octanol–water partition coefficient (Wildman–Crippen LogP) is 23.7. The highest BCUT2D eigenvalue weighted by molar-refractivity contribution is 7.17. The molecule has 14 aromatic rings. The molecule has 0 saturated heterocycles. The average Bonchev–Trinajstić information content (AvgIpc) is 4.29. The number of halogens is 1. The Hall–Kier alpha value is -9.33. The van der Waals surface area contributed by atoms with E-state index in [4.69, 9.17) is 20.4 Å². The standard InChI is InChI=1S/C76H60ClN3O2S/c1-75(2,3)52-32-35-54(36-33-52)78(65-29-16-13-26-59(65)50-22-11-8-12-23-50)55-24-19-25-56(45-55)79(57-37-39-71-62(46-57)60-27-14-17-30-69(60)81-71)66-42-51(49-20-9-7-10-21-49)43-67(74(66)77)80(68-48-83-73-41-34-53(44-64(68)73)76(4,5)6)58-38-40-72-63(47-58)61-28-15-18-31-70(61)82-72/h7-48H,1-6H3. The molecule has 0 N–H and O–H groups in total. The molecule has 404 valence electrons. The zero-order valence-electron chi connectivity index (χ0n) is 47.2. The summed E-state index contributed by atoms with van der Waals surface area (Å²) in [7, 11) is 0. The van der Waals surface area contributed by atoms with Crippen LogP contribution in [0.15, 0.2) is 263 Å². The van der Waals surface area contributed by atoms with Gasteiger partial charge in [0.1, 0.15) is 22.3 Å². The van der Waals surface area contributed by atoms with Gasteiger partial charge in [-0.3, -0.25) is 0 Å². The first-order valence-electron chi connectivity index (χ1n) is 28.3. The van der Waals surface area contributed by atoms with Gasteiger partial charge in [0.25, 0.3) is 0 Å². The fourth-order valence-electron chi connectivity index (χ4n) is 11.8. The maximum Gasteiger partial charge on any atom is 0.135 e. The van der Waals surface area contributed by atoms with Gasteiger partial charge in [-0.2, -0.15) is 0 Å². The summed E-state index contributed by atoms with van der Waals surface area (Å²) in [5.41, 5.74) is 18.5. The maximum atomic E-state index is 8.47. The first-order valence-corrected chi connectivity index (χ1v) is 29.6. The van der Waals surface area contributed by atoms with Gasteiger partial charge in [0.05, 0.1) is 27.8 Å². The van der Waals surface area contributed by atoms with Gasteiger partial charge >= 0.3 is 0 Å². The van der Waals surface area contributed by atoms with E-state index in [0.717, 1.165) is 123 Å². The van der Waals surface area contributed by atoms with Crippen molar-refractivity contribution in [2.24, 2.45) is 0 Å². The number of benzene rings is 11. The van der Waals surface area contributed by atoms with Crippen molar-refractivity contribution in [3.05, 3.63) is 270 Å². The molecule has 0 amide bonds. The van der Waals surface area contributed by atoms with Crippen LogP contribution in [0.5, 0.6) is 0 Å². The number of anilines is 9. The fraction of sp³-hybridized carbons (Fsp3) is 0.105. The highest BCUT2D eigenvalue weighted by Gasteiger charge is 2.29. The molecule has 0 saturated carbocycles. The highest BCUT2D eigenvalue weighted by atomic mass is 35.5. The molecule has 0 unspecified atom stereocenters. The average molecular weight is 1110 g/mol. The molecular weight excluding hydrogens is 1050 g/mol. The van der Waals surface area contributed by atoms with E-state index < -0.39 is 0 Å². The van der Waals surface area contributed by atoms with Crippen LogP contribution in [0.25, 0.3) is 76.2 Å². The van der Waals surface area contributed by atoms with Crippen molar-refractivity contribution in [2.45, 2.75) is 52.4 Å². The molecule has 0 bridgehead atoms. The molecule has 0 aliphatic carbocycles. The fourth-order valence-corrected chi connectivity index (χ4v) is 12.9. The van der Waals surface area contributed by atoms with Crippen LogP contribution in [-0.2, 0) is 10.8 Å². The van der Waals surface area contributed by atoms with Crippen molar-refractivity contribution in [3.8, 4) is 22.3 Å². The van der Waals surface area contributed by atoms with Crippen LogP contribution in [0.4, 0.5) is 51.2 Å². The number of thiophene rings is 1. The Labute approximate surface area is 493 Å². The predicted molar refractivity (Wildman–Crippen MR) is 354 cm³/mol. The number of nitrogens with zero attached hydrogens (tertiary/aromatic N) is 3. The number of para-hydroxylation sites is 3. The van der Waals surface area contributed by atoms with E-state index in [1.165, 1.54) is 15.8 Å². The lowest BCUT2D eigenvalue weighted by molar-refractivity contribution is 0.590. The van der Waals surface area contributed by atoms with E-state index in [9.17, 15) is 0 Å². The number of rotatable bonds is 11. The largest absolute Gasteiger partial charge is 0.456 e. The molecule has 0 aliphatic rings. The summed E-state index contributed by atoms with van der Waals surface area (Å²) in [5.74, 6) is 0. The molecule has 0 fully saturated rings. The van der Waals surface area contributed by atoms with Gasteiger partial charge in [0, 0.05) is 71.0 Å². The molecule has 0 spiro atoms. The maximum absolute atomic E-state index is 8.47. The molecule has 3 heterocycles. The number of hydrogen-bond donors (Lipinski definition) is 0. The molecule has 7 heteroatoms. The SMILES string of the molecule is CC(C)(C)c1ccc(N(c2cccc(N(c3ccc4oc5ccccc5c4c3)c3cc(-c4ccccc4)cc(N(c4ccc5oc6ccccc6c5c4)c4csc5ccc(C(C)(C)C)cc45)c3Cl)c2)c2ccccc2-c2ccccc2)cc1. The first-order chi connectivity index (χ1) is 40.3. The molecule has 83 heavy (non-hydrogen) atoms. The van der Waals surface area contributed by atoms with E-state index in [-0.39, 0.29) is 10.8 Å². The van der Waals surface area contributed by atoms with E-state index in [1.807, 2.05) is 24.3 Å². The van der Waals surface area contributed by atoms with E-state index in [1.54, 1.807) is 11.3 Å². The van der Waals surface area contributed by atoms with Gasteiger partial charge in [-0.15, -0.1) is 11.3 Å². The van der Waals surface area contributed by atoms with Gasteiger partial charge < -0.3 is 23.5 Å². The second-order valence-electron chi connectivity index (χ2n) is 23.5. The lowest BCUT2D eigenvalue weighted by Crippen LogP contribution is -2.16. The zero-order valence-corrected chi connectivity index (χ0v) is 48.8. The molecule has 14 rings (SSSR count). The van der Waals surface area contributed by atoms with Crippen LogP contribution in [0.2, 0.25) is 5.02 Å². The number of hydrogen-bond acceptors (Lipinski definition) is 6. The van der Waals surface area contributed by atoms with Crippen LogP contribution in [0.3, 0.4) is 0 Å². The molecule has 5 nitrogen and oxygen atoms in total. The summed E-state index contributed by atoms with van der Waals surface area (Å²) < 4.78 is 14.2. The minimum atomic E-state index is -0.0869. The smallest absolute Gasteiger partial charge is 0.135 e. The van der Waals surface area contributed by atoms with Crippen molar-refractivity contribution in [3.63, 3.8) is 0 Å². The van der Waals surface area contributed by atoms with E-state index in [2.05, 4.69) is 286 Å². The Morgan fingerprint density at radius 2 is 0.807 bits per heavy atom. The lowest BCUT2D eigenvalue weighted by Gasteiger charge is -2.33.